The van der Waals surface area contributed by atoms with E-state index in [0.717, 1.165) is 0 Å². The molecular weight excluding hydrogens is 430 g/mol. The number of aromatic nitrogens is 2. The van der Waals surface area contributed by atoms with Gasteiger partial charge in [0.2, 0.25) is 10.0 Å². The normalized spacial score (nSPS) is 14.1. The fourth-order valence-corrected chi connectivity index (χ4v) is 5.72. The minimum Gasteiger partial charge on any atom is -0.296 e. The third-order valence-electron chi connectivity index (χ3n) is 4.49. The number of para-hydroxylation sites is 1. The van der Waals surface area contributed by atoms with Crippen LogP contribution < -0.4 is 5.32 Å². The molecule has 0 bridgehead atoms. The molecule has 0 fully saturated rings. The van der Waals surface area contributed by atoms with Crippen molar-refractivity contribution in [1.82, 2.24) is 14.3 Å². The molecule has 30 heavy (non-hydrogen) atoms. The van der Waals surface area contributed by atoms with Gasteiger partial charge in [0, 0.05) is 30.1 Å². The van der Waals surface area contributed by atoms with Crippen molar-refractivity contribution in [1.29, 1.82) is 0 Å². The van der Waals surface area contributed by atoms with Crippen LogP contribution in [0.4, 0.5) is 10.8 Å². The van der Waals surface area contributed by atoms with Crippen LogP contribution in [0.1, 0.15) is 21.1 Å². The smallest absolute Gasteiger partial charge is 0.289 e. The highest BCUT2D eigenvalue weighted by Gasteiger charge is 2.34. The van der Waals surface area contributed by atoms with Gasteiger partial charge in [0.25, 0.3) is 11.6 Å². The second kappa shape index (κ2) is 7.89. The molecule has 10 nitrogen and oxygen atoms in total. The number of sulfonamides is 1. The predicted octanol–water partition coefficient (Wildman–Crippen LogP) is 2.45. The Morgan fingerprint density at radius 3 is 2.70 bits per heavy atom. The van der Waals surface area contributed by atoms with Crippen LogP contribution in [0.5, 0.6) is 0 Å². The number of nitrogens with one attached hydrogen (secondary N) is 1. The standard InChI is InChI=1S/C18H15N5O5S2/c24-17(13-5-3-4-9-19-13)21-18-20-12-8-10-22(11-15(12)29-18)30(27,28)16-7-2-1-6-14(16)23(25)26/h1-7,9H,8,10-11H2,(H,20,21,24). The summed E-state index contributed by atoms with van der Waals surface area (Å²) in [7, 11) is -4.06. The summed E-state index contributed by atoms with van der Waals surface area (Å²) in [5.74, 6) is -0.411. The molecule has 1 aliphatic rings. The Labute approximate surface area is 175 Å². The van der Waals surface area contributed by atoms with E-state index in [1.807, 2.05) is 0 Å². The summed E-state index contributed by atoms with van der Waals surface area (Å²) >= 11 is 1.17. The molecule has 154 valence electrons. The zero-order valence-electron chi connectivity index (χ0n) is 15.4. The molecule has 1 aliphatic heterocycles. The Kier molecular flexibility index (Phi) is 5.28. The number of hydrogen-bond acceptors (Lipinski definition) is 8. The molecule has 0 saturated heterocycles. The summed E-state index contributed by atoms with van der Waals surface area (Å²) in [6.45, 7) is 0.166. The van der Waals surface area contributed by atoms with Gasteiger partial charge >= 0.3 is 0 Å². The Hall–Kier alpha value is -3.22. The van der Waals surface area contributed by atoms with E-state index < -0.39 is 26.5 Å². The van der Waals surface area contributed by atoms with Crippen molar-refractivity contribution in [3.63, 3.8) is 0 Å². The Morgan fingerprint density at radius 2 is 1.97 bits per heavy atom. The minimum absolute atomic E-state index is 0.0286. The third kappa shape index (κ3) is 3.79. The van der Waals surface area contributed by atoms with E-state index in [2.05, 4.69) is 15.3 Å². The molecule has 0 unspecified atom stereocenters. The topological polar surface area (TPSA) is 135 Å². The van der Waals surface area contributed by atoms with Crippen LogP contribution in [-0.2, 0) is 23.0 Å². The lowest BCUT2D eigenvalue weighted by molar-refractivity contribution is -0.387. The zero-order chi connectivity index (χ0) is 21.3. The molecule has 12 heteroatoms. The van der Waals surface area contributed by atoms with Crippen molar-refractivity contribution in [3.8, 4) is 0 Å². The second-order valence-corrected chi connectivity index (χ2v) is 9.36. The number of nitrogens with zero attached hydrogens (tertiary/aromatic N) is 4. The Morgan fingerprint density at radius 1 is 1.20 bits per heavy atom. The van der Waals surface area contributed by atoms with Gasteiger partial charge < -0.3 is 0 Å². The van der Waals surface area contributed by atoms with Crippen LogP contribution in [0.15, 0.2) is 53.6 Å². The number of nitro benzene ring substituents is 1. The summed E-state index contributed by atoms with van der Waals surface area (Å²) < 4.78 is 27.2. The number of amides is 1. The van der Waals surface area contributed by atoms with Crippen molar-refractivity contribution < 1.29 is 18.1 Å². The maximum atomic E-state index is 13.0. The van der Waals surface area contributed by atoms with Crippen LogP contribution in [0.2, 0.25) is 0 Å². The molecule has 0 atom stereocenters. The number of pyridine rings is 1. The second-order valence-electron chi connectivity index (χ2n) is 6.37. The van der Waals surface area contributed by atoms with E-state index in [-0.39, 0.29) is 23.7 Å². The van der Waals surface area contributed by atoms with Gasteiger partial charge in [0.05, 0.1) is 17.2 Å². The van der Waals surface area contributed by atoms with Gasteiger partial charge in [-0.05, 0) is 18.2 Å². The summed E-state index contributed by atoms with van der Waals surface area (Å²) in [4.78, 5) is 31.5. The minimum atomic E-state index is -4.06. The van der Waals surface area contributed by atoms with Crippen LogP contribution in [-0.4, -0.2) is 40.1 Å². The maximum absolute atomic E-state index is 13.0. The highest BCUT2D eigenvalue weighted by Crippen LogP contribution is 2.33. The molecule has 0 radical (unpaired) electrons. The van der Waals surface area contributed by atoms with Crippen LogP contribution in [0, 0.1) is 10.1 Å². The number of anilines is 1. The monoisotopic (exact) mass is 445 g/mol. The van der Waals surface area contributed by atoms with Gasteiger partial charge in [-0.15, -0.1) is 11.3 Å². The molecule has 3 heterocycles. The number of hydrogen-bond donors (Lipinski definition) is 1. The first kappa shape index (κ1) is 20.1. The van der Waals surface area contributed by atoms with E-state index in [1.54, 1.807) is 18.2 Å². The van der Waals surface area contributed by atoms with E-state index in [0.29, 0.717) is 22.1 Å². The molecule has 0 aliphatic carbocycles. The molecule has 0 saturated carbocycles. The summed E-state index contributed by atoms with van der Waals surface area (Å²) in [6.07, 6.45) is 1.85. The first-order valence-electron chi connectivity index (χ1n) is 8.81. The molecule has 2 aromatic heterocycles. The predicted molar refractivity (Wildman–Crippen MR) is 109 cm³/mol. The summed E-state index contributed by atoms with van der Waals surface area (Å²) in [5.41, 5.74) is 0.479. The van der Waals surface area contributed by atoms with Crippen molar-refractivity contribution in [2.75, 3.05) is 11.9 Å². The zero-order valence-corrected chi connectivity index (χ0v) is 17.0. The molecule has 3 aromatic rings. The fourth-order valence-electron chi connectivity index (χ4n) is 3.05. The molecule has 4 rings (SSSR count). The fraction of sp³-hybridized carbons (Fsp3) is 0.167. The number of carbonyl (C=O) groups excluding carboxylic acids is 1. The van der Waals surface area contributed by atoms with Gasteiger partial charge in [0.15, 0.2) is 10.0 Å². The first-order valence-corrected chi connectivity index (χ1v) is 11.1. The summed E-state index contributed by atoms with van der Waals surface area (Å²) in [6, 6.07) is 10.2. The molecule has 1 aromatic carbocycles. The van der Waals surface area contributed by atoms with Crippen LogP contribution in [0.3, 0.4) is 0 Å². The molecule has 1 amide bonds. The van der Waals surface area contributed by atoms with E-state index >= 15 is 0 Å². The number of nitro groups is 1. The third-order valence-corrected chi connectivity index (χ3v) is 7.38. The largest absolute Gasteiger partial charge is 0.296 e. The number of thiazole rings is 1. The van der Waals surface area contributed by atoms with Crippen LogP contribution in [0.25, 0.3) is 0 Å². The van der Waals surface area contributed by atoms with Gasteiger partial charge in [-0.2, -0.15) is 4.31 Å². The van der Waals surface area contributed by atoms with E-state index in [4.69, 9.17) is 0 Å². The Balaban J connectivity index is 1.56. The quantitative estimate of drug-likeness (QED) is 0.471. The van der Waals surface area contributed by atoms with E-state index in [9.17, 15) is 23.3 Å². The molecule has 1 N–H and O–H groups in total. The lowest BCUT2D eigenvalue weighted by Crippen LogP contribution is -2.35. The lowest BCUT2D eigenvalue weighted by Gasteiger charge is -2.25. The highest BCUT2D eigenvalue weighted by atomic mass is 32.2. The van der Waals surface area contributed by atoms with Gasteiger partial charge in [-0.25, -0.2) is 13.4 Å². The lowest BCUT2D eigenvalue weighted by atomic mass is 10.2. The van der Waals surface area contributed by atoms with Gasteiger partial charge in [-0.1, -0.05) is 18.2 Å². The average Bonchev–Trinajstić information content (AvgIpc) is 3.15. The van der Waals surface area contributed by atoms with Crippen LogP contribution >= 0.6 is 11.3 Å². The number of fused-ring (bicyclic) bond motifs is 1. The van der Waals surface area contributed by atoms with Crippen molar-refractivity contribution in [2.45, 2.75) is 17.9 Å². The SMILES string of the molecule is O=C(Nc1nc2c(s1)CN(S(=O)(=O)c1ccccc1[N+](=O)[O-])CC2)c1ccccn1. The number of carbonyl (C=O) groups is 1. The Bertz CT molecular complexity index is 1230. The van der Waals surface area contributed by atoms with Gasteiger partial charge in [0.1, 0.15) is 5.69 Å². The average molecular weight is 445 g/mol. The highest BCUT2D eigenvalue weighted by molar-refractivity contribution is 7.89. The summed E-state index contributed by atoms with van der Waals surface area (Å²) in [5, 5.41) is 14.3. The molecular formula is C18H15N5O5S2. The van der Waals surface area contributed by atoms with Crippen molar-refractivity contribution in [3.05, 3.63) is 75.0 Å². The molecule has 0 spiro atoms. The van der Waals surface area contributed by atoms with Gasteiger partial charge in [-0.3, -0.25) is 25.2 Å². The first-order chi connectivity index (χ1) is 14.4. The number of benzene rings is 1. The van der Waals surface area contributed by atoms with Crippen molar-refractivity contribution in [2.24, 2.45) is 0 Å². The number of rotatable bonds is 5. The van der Waals surface area contributed by atoms with Crippen molar-refractivity contribution >= 4 is 38.1 Å². The maximum Gasteiger partial charge on any atom is 0.289 e. The van der Waals surface area contributed by atoms with E-state index in [1.165, 1.54) is 46.1 Å².